The van der Waals surface area contributed by atoms with E-state index in [0.717, 1.165) is 16.5 Å². The van der Waals surface area contributed by atoms with E-state index in [1.807, 2.05) is 47.8 Å². The van der Waals surface area contributed by atoms with Crippen molar-refractivity contribution < 1.29 is 9.53 Å². The van der Waals surface area contributed by atoms with Gasteiger partial charge in [0.2, 0.25) is 5.78 Å². The Kier molecular flexibility index (Phi) is 3.05. The van der Waals surface area contributed by atoms with Gasteiger partial charge in [0.1, 0.15) is 5.75 Å². The van der Waals surface area contributed by atoms with Crippen LogP contribution in [0.15, 0.2) is 53.9 Å². The highest BCUT2D eigenvalue weighted by molar-refractivity contribution is 7.12. The van der Waals surface area contributed by atoms with E-state index in [-0.39, 0.29) is 5.78 Å². The summed E-state index contributed by atoms with van der Waals surface area (Å²) >= 11 is 1.41. The van der Waals surface area contributed by atoms with Crippen molar-refractivity contribution >= 4 is 27.9 Å². The predicted octanol–water partition coefficient (Wildman–Crippen LogP) is 4.14. The Morgan fingerprint density at radius 1 is 1.05 bits per heavy atom. The molecule has 0 N–H and O–H groups in total. The number of carbonyl (C=O) groups is 1. The van der Waals surface area contributed by atoms with Gasteiger partial charge < -0.3 is 4.74 Å². The summed E-state index contributed by atoms with van der Waals surface area (Å²) in [6, 6.07) is 15.6. The predicted molar refractivity (Wildman–Crippen MR) is 78.3 cm³/mol. The average molecular weight is 268 g/mol. The number of methoxy groups -OCH3 is 1. The number of hydrogen-bond donors (Lipinski definition) is 0. The van der Waals surface area contributed by atoms with Crippen molar-refractivity contribution in [2.24, 2.45) is 0 Å². The number of fused-ring (bicyclic) bond motifs is 1. The highest BCUT2D eigenvalue weighted by Gasteiger charge is 2.12. The highest BCUT2D eigenvalue weighted by Crippen LogP contribution is 2.25. The maximum Gasteiger partial charge on any atom is 0.203 e. The lowest BCUT2D eigenvalue weighted by molar-refractivity contribution is 0.104. The van der Waals surface area contributed by atoms with E-state index in [9.17, 15) is 4.79 Å². The van der Waals surface area contributed by atoms with Gasteiger partial charge >= 0.3 is 0 Å². The van der Waals surface area contributed by atoms with E-state index in [4.69, 9.17) is 4.74 Å². The van der Waals surface area contributed by atoms with Gasteiger partial charge in [-0.15, -0.1) is 11.3 Å². The second-order valence-corrected chi connectivity index (χ2v) is 5.15. The fraction of sp³-hybridized carbons (Fsp3) is 0.0625. The lowest BCUT2D eigenvalue weighted by atomic mass is 10.0. The quantitative estimate of drug-likeness (QED) is 0.667. The van der Waals surface area contributed by atoms with Gasteiger partial charge in [0, 0.05) is 17.0 Å². The third kappa shape index (κ3) is 2.25. The molecule has 0 spiro atoms. The van der Waals surface area contributed by atoms with Gasteiger partial charge in [0.25, 0.3) is 0 Å². The minimum atomic E-state index is 0.0408. The smallest absolute Gasteiger partial charge is 0.203 e. The number of hydrogen-bond acceptors (Lipinski definition) is 3. The molecule has 0 aliphatic carbocycles. The SMILES string of the molecule is COc1csc(C(=O)c2ccc3ccccc3c2)c1. The van der Waals surface area contributed by atoms with Gasteiger partial charge in [-0.2, -0.15) is 0 Å². The van der Waals surface area contributed by atoms with Gasteiger partial charge in [0.15, 0.2) is 0 Å². The zero-order chi connectivity index (χ0) is 13.2. The number of rotatable bonds is 3. The Morgan fingerprint density at radius 2 is 1.84 bits per heavy atom. The molecule has 0 bridgehead atoms. The van der Waals surface area contributed by atoms with Crippen LogP contribution in [0.1, 0.15) is 15.2 Å². The summed E-state index contributed by atoms with van der Waals surface area (Å²) in [5.74, 6) is 0.771. The Balaban J connectivity index is 2.01. The topological polar surface area (TPSA) is 26.3 Å². The van der Waals surface area contributed by atoms with Gasteiger partial charge in [-0.05, 0) is 16.8 Å². The summed E-state index contributed by atoms with van der Waals surface area (Å²) < 4.78 is 5.11. The van der Waals surface area contributed by atoms with Crippen LogP contribution >= 0.6 is 11.3 Å². The molecule has 0 atom stereocenters. The van der Waals surface area contributed by atoms with Gasteiger partial charge in [0.05, 0.1) is 12.0 Å². The minimum absolute atomic E-state index is 0.0408. The summed E-state index contributed by atoms with van der Waals surface area (Å²) in [7, 11) is 1.60. The molecule has 1 heterocycles. The van der Waals surface area contributed by atoms with Crippen LogP contribution in [-0.2, 0) is 0 Å². The van der Waals surface area contributed by atoms with Crippen LogP contribution in [0.2, 0.25) is 0 Å². The van der Waals surface area contributed by atoms with Crippen LogP contribution in [-0.4, -0.2) is 12.9 Å². The van der Waals surface area contributed by atoms with Crippen molar-refractivity contribution in [1.29, 1.82) is 0 Å². The molecule has 0 unspecified atom stereocenters. The third-order valence-corrected chi connectivity index (χ3v) is 3.95. The van der Waals surface area contributed by atoms with Gasteiger partial charge in [-0.25, -0.2) is 0 Å². The third-order valence-electron chi connectivity index (χ3n) is 3.05. The first-order chi connectivity index (χ1) is 9.28. The maximum atomic E-state index is 12.4. The van der Waals surface area contributed by atoms with Crippen LogP contribution < -0.4 is 4.74 Å². The molecule has 0 radical (unpaired) electrons. The summed E-state index contributed by atoms with van der Waals surface area (Å²) in [6.45, 7) is 0. The van der Waals surface area contributed by atoms with Crippen LogP contribution in [0.25, 0.3) is 10.8 Å². The summed E-state index contributed by atoms with van der Waals surface area (Å²) in [5, 5.41) is 4.06. The molecule has 3 heteroatoms. The fourth-order valence-corrected chi connectivity index (χ4v) is 2.83. The first kappa shape index (κ1) is 11.9. The number of ketones is 1. The molecule has 0 aliphatic heterocycles. The molecular weight excluding hydrogens is 256 g/mol. The number of benzene rings is 2. The normalized spacial score (nSPS) is 10.6. The molecule has 19 heavy (non-hydrogen) atoms. The lowest BCUT2D eigenvalue weighted by Gasteiger charge is -2.01. The molecule has 1 aromatic heterocycles. The molecule has 3 aromatic rings. The molecule has 3 rings (SSSR count). The molecule has 0 saturated heterocycles. The van der Waals surface area contributed by atoms with Crippen molar-refractivity contribution in [3.63, 3.8) is 0 Å². The first-order valence-corrected chi connectivity index (χ1v) is 6.82. The zero-order valence-corrected chi connectivity index (χ0v) is 11.2. The molecule has 0 amide bonds. The Morgan fingerprint density at radius 3 is 2.58 bits per heavy atom. The van der Waals surface area contributed by atoms with Gasteiger partial charge in [-0.1, -0.05) is 36.4 Å². The van der Waals surface area contributed by atoms with E-state index in [1.54, 1.807) is 13.2 Å². The van der Waals surface area contributed by atoms with Crippen LogP contribution in [0, 0.1) is 0 Å². The molecular formula is C16H12O2S. The lowest BCUT2D eigenvalue weighted by Crippen LogP contribution is -1.98. The van der Waals surface area contributed by atoms with Crippen molar-refractivity contribution in [3.05, 3.63) is 64.4 Å². The second kappa shape index (κ2) is 4.86. The minimum Gasteiger partial charge on any atom is -0.496 e. The molecule has 2 nitrogen and oxygen atoms in total. The van der Waals surface area contributed by atoms with E-state index < -0.39 is 0 Å². The molecule has 2 aromatic carbocycles. The van der Waals surface area contributed by atoms with Crippen molar-refractivity contribution in [2.45, 2.75) is 0 Å². The standard InChI is InChI=1S/C16H12O2S/c1-18-14-9-15(19-10-14)16(17)13-7-6-11-4-2-3-5-12(11)8-13/h2-10H,1H3. The molecule has 0 aliphatic rings. The highest BCUT2D eigenvalue weighted by atomic mass is 32.1. The summed E-state index contributed by atoms with van der Waals surface area (Å²) in [5.41, 5.74) is 0.711. The first-order valence-electron chi connectivity index (χ1n) is 5.94. The second-order valence-electron chi connectivity index (χ2n) is 4.24. The molecule has 94 valence electrons. The van der Waals surface area contributed by atoms with Crippen LogP contribution in [0.3, 0.4) is 0 Å². The molecule has 0 saturated carbocycles. The zero-order valence-electron chi connectivity index (χ0n) is 10.4. The Labute approximate surface area is 115 Å². The average Bonchev–Trinajstić information content (AvgIpc) is 2.95. The van der Waals surface area contributed by atoms with E-state index >= 15 is 0 Å². The van der Waals surface area contributed by atoms with Crippen LogP contribution in [0.5, 0.6) is 5.75 Å². The summed E-state index contributed by atoms with van der Waals surface area (Å²) in [4.78, 5) is 13.1. The van der Waals surface area contributed by atoms with Crippen molar-refractivity contribution in [2.75, 3.05) is 7.11 Å². The largest absolute Gasteiger partial charge is 0.496 e. The maximum absolute atomic E-state index is 12.4. The van der Waals surface area contributed by atoms with Crippen LogP contribution in [0.4, 0.5) is 0 Å². The number of ether oxygens (including phenoxy) is 1. The fourth-order valence-electron chi connectivity index (χ4n) is 2.02. The monoisotopic (exact) mass is 268 g/mol. The van der Waals surface area contributed by atoms with Crippen molar-refractivity contribution in [3.8, 4) is 5.75 Å². The molecule has 0 fully saturated rings. The van der Waals surface area contributed by atoms with Crippen molar-refractivity contribution in [1.82, 2.24) is 0 Å². The van der Waals surface area contributed by atoms with E-state index in [1.165, 1.54) is 11.3 Å². The van der Waals surface area contributed by atoms with Gasteiger partial charge in [-0.3, -0.25) is 4.79 Å². The van der Waals surface area contributed by atoms with E-state index in [0.29, 0.717) is 10.4 Å². The number of carbonyl (C=O) groups excluding carboxylic acids is 1. The number of thiophene rings is 1. The Bertz CT molecular complexity index is 743. The Hall–Kier alpha value is -2.13. The summed E-state index contributed by atoms with van der Waals surface area (Å²) in [6.07, 6.45) is 0. The van der Waals surface area contributed by atoms with E-state index in [2.05, 4.69) is 0 Å².